The number of nitrogens with two attached hydrogens (primary N) is 1. The fraction of sp³-hybridized carbons (Fsp3) is 0.412. The minimum atomic E-state index is -0.625. The van der Waals surface area contributed by atoms with Crippen molar-refractivity contribution in [3.63, 3.8) is 0 Å². The van der Waals surface area contributed by atoms with Crippen molar-refractivity contribution in [3.05, 3.63) is 40.7 Å². The number of aromatic nitrogens is 3. The molecule has 3 rings (SSSR count). The van der Waals surface area contributed by atoms with Crippen LogP contribution in [-0.4, -0.2) is 51.5 Å². The molecule has 2 heterocycles. The molecule has 26 heavy (non-hydrogen) atoms. The Bertz CT molecular complexity index is 798. The van der Waals surface area contributed by atoms with E-state index in [1.807, 2.05) is 12.1 Å². The number of rotatable bonds is 6. The van der Waals surface area contributed by atoms with E-state index in [2.05, 4.69) is 20.5 Å². The maximum absolute atomic E-state index is 12.8. The van der Waals surface area contributed by atoms with Gasteiger partial charge in [-0.3, -0.25) is 14.7 Å². The van der Waals surface area contributed by atoms with E-state index < -0.39 is 5.41 Å². The number of carbonyl (C=O) groups excluding carboxylic acids is 2. The summed E-state index contributed by atoms with van der Waals surface area (Å²) in [5.74, 6) is 0.703. The minimum Gasteiger partial charge on any atom is -0.367 e. The second-order valence-electron chi connectivity index (χ2n) is 6.60. The lowest BCUT2D eigenvalue weighted by Crippen LogP contribution is -2.65. The van der Waals surface area contributed by atoms with Crippen LogP contribution in [0.5, 0.6) is 0 Å². The number of carbonyl (C=O) groups is 2. The Hall–Kier alpha value is -2.61. The van der Waals surface area contributed by atoms with Crippen LogP contribution in [0.15, 0.2) is 24.3 Å². The predicted molar refractivity (Wildman–Crippen MR) is 97.4 cm³/mol. The van der Waals surface area contributed by atoms with Gasteiger partial charge >= 0.3 is 0 Å². The van der Waals surface area contributed by atoms with Gasteiger partial charge in [-0.2, -0.15) is 4.98 Å². The maximum atomic E-state index is 12.8. The zero-order chi connectivity index (χ0) is 18.7. The van der Waals surface area contributed by atoms with Crippen LogP contribution in [0.1, 0.15) is 18.3 Å². The molecule has 0 spiro atoms. The van der Waals surface area contributed by atoms with Crippen LogP contribution in [0.4, 0.5) is 5.95 Å². The zero-order valence-corrected chi connectivity index (χ0v) is 15.2. The highest BCUT2D eigenvalue weighted by atomic mass is 35.5. The summed E-state index contributed by atoms with van der Waals surface area (Å²) in [6, 6.07) is 7.42. The number of H-pyrrole nitrogens is 1. The van der Waals surface area contributed by atoms with Gasteiger partial charge in [-0.15, -0.1) is 5.10 Å². The minimum absolute atomic E-state index is 0.0262. The molecule has 0 aliphatic carbocycles. The van der Waals surface area contributed by atoms with Crippen molar-refractivity contribution in [2.24, 2.45) is 5.41 Å². The summed E-state index contributed by atoms with van der Waals surface area (Å²) in [4.78, 5) is 30.1. The van der Waals surface area contributed by atoms with Crippen molar-refractivity contribution in [2.45, 2.75) is 19.8 Å². The van der Waals surface area contributed by atoms with Gasteiger partial charge in [0.25, 0.3) is 0 Å². The Morgan fingerprint density at radius 1 is 1.35 bits per heavy atom. The molecule has 2 aromatic rings. The van der Waals surface area contributed by atoms with Crippen LogP contribution in [0, 0.1) is 5.41 Å². The highest BCUT2D eigenvalue weighted by molar-refractivity contribution is 6.30. The van der Waals surface area contributed by atoms with Crippen molar-refractivity contribution in [1.29, 1.82) is 0 Å². The molecule has 1 fully saturated rings. The zero-order valence-electron chi connectivity index (χ0n) is 14.5. The summed E-state index contributed by atoms with van der Waals surface area (Å²) in [7, 11) is 0. The van der Waals surface area contributed by atoms with Gasteiger partial charge in [0, 0.05) is 38.0 Å². The molecule has 8 nitrogen and oxygen atoms in total. The van der Waals surface area contributed by atoms with Gasteiger partial charge in [0.15, 0.2) is 0 Å². The average Bonchev–Trinajstić information content (AvgIpc) is 2.97. The number of benzene rings is 1. The molecular weight excluding hydrogens is 356 g/mol. The quantitative estimate of drug-likeness (QED) is 0.689. The number of aromatic amines is 1. The van der Waals surface area contributed by atoms with E-state index in [-0.39, 0.29) is 17.8 Å². The van der Waals surface area contributed by atoms with Crippen LogP contribution in [-0.2, 0) is 22.4 Å². The lowest BCUT2D eigenvalue weighted by molar-refractivity contribution is -0.152. The van der Waals surface area contributed by atoms with Gasteiger partial charge in [0.05, 0.1) is 5.41 Å². The highest BCUT2D eigenvalue weighted by Crippen LogP contribution is 2.35. The van der Waals surface area contributed by atoms with Gasteiger partial charge in [0.2, 0.25) is 17.8 Å². The van der Waals surface area contributed by atoms with Crippen LogP contribution >= 0.6 is 11.6 Å². The topological polar surface area (TPSA) is 117 Å². The van der Waals surface area contributed by atoms with Crippen molar-refractivity contribution < 1.29 is 9.59 Å². The second-order valence-corrected chi connectivity index (χ2v) is 7.04. The molecule has 4 N–H and O–H groups in total. The van der Waals surface area contributed by atoms with Crippen molar-refractivity contribution in [3.8, 4) is 0 Å². The average molecular weight is 377 g/mol. The fourth-order valence-corrected chi connectivity index (χ4v) is 3.27. The summed E-state index contributed by atoms with van der Waals surface area (Å²) in [6.07, 6.45) is 1.05. The molecule has 2 amide bonds. The third kappa shape index (κ3) is 3.96. The second kappa shape index (κ2) is 7.33. The van der Waals surface area contributed by atoms with Crippen molar-refractivity contribution in [2.75, 3.05) is 25.4 Å². The van der Waals surface area contributed by atoms with Crippen LogP contribution in [0.3, 0.4) is 0 Å². The number of hydrogen-bond acceptors (Lipinski definition) is 5. The van der Waals surface area contributed by atoms with Crippen LogP contribution in [0.25, 0.3) is 0 Å². The monoisotopic (exact) mass is 376 g/mol. The highest BCUT2D eigenvalue weighted by Gasteiger charge is 2.49. The first-order valence-corrected chi connectivity index (χ1v) is 8.71. The Labute approximate surface area is 156 Å². The molecular formula is C17H21ClN6O2. The molecule has 138 valence electrons. The SMILES string of the molecule is CC(=O)N1CC(Cc2ccc(Cl)cc2)(C(=O)NCCc2nc(N)n[nH]2)C1. The first-order valence-electron chi connectivity index (χ1n) is 8.33. The normalized spacial score (nSPS) is 15.4. The molecule has 1 aliphatic rings. The molecule has 1 aromatic carbocycles. The van der Waals surface area contributed by atoms with E-state index in [1.54, 1.807) is 17.0 Å². The van der Waals surface area contributed by atoms with E-state index in [0.717, 1.165) is 5.56 Å². The fourth-order valence-electron chi connectivity index (χ4n) is 3.14. The third-order valence-electron chi connectivity index (χ3n) is 4.57. The Balaban J connectivity index is 1.64. The number of halogens is 1. The molecule has 1 aliphatic heterocycles. The lowest BCUT2D eigenvalue weighted by atomic mass is 9.73. The lowest BCUT2D eigenvalue weighted by Gasteiger charge is -2.48. The molecule has 1 saturated heterocycles. The maximum Gasteiger partial charge on any atom is 0.239 e. The van der Waals surface area contributed by atoms with Gasteiger partial charge in [-0.25, -0.2) is 0 Å². The summed E-state index contributed by atoms with van der Waals surface area (Å²) in [5.41, 5.74) is 5.85. The van der Waals surface area contributed by atoms with E-state index in [9.17, 15) is 9.59 Å². The number of nitrogens with zero attached hydrogens (tertiary/aromatic N) is 3. The largest absolute Gasteiger partial charge is 0.367 e. The smallest absolute Gasteiger partial charge is 0.239 e. The first-order chi connectivity index (χ1) is 12.4. The van der Waals surface area contributed by atoms with Gasteiger partial charge < -0.3 is 16.0 Å². The van der Waals surface area contributed by atoms with Gasteiger partial charge in [-0.05, 0) is 24.1 Å². The molecule has 0 radical (unpaired) electrons. The van der Waals surface area contributed by atoms with Crippen molar-refractivity contribution >= 4 is 29.4 Å². The van der Waals surface area contributed by atoms with E-state index >= 15 is 0 Å². The standard InChI is InChI=1S/C17H21ClN6O2/c1-11(25)24-9-17(10-24,8-12-2-4-13(18)5-3-12)15(26)20-7-6-14-21-16(19)23-22-14/h2-5H,6-10H2,1H3,(H,20,26)(H3,19,21,22,23). The summed E-state index contributed by atoms with van der Waals surface area (Å²) >= 11 is 5.93. The summed E-state index contributed by atoms with van der Waals surface area (Å²) < 4.78 is 0. The number of likely N-dealkylation sites (tertiary alicyclic amines) is 1. The third-order valence-corrected chi connectivity index (χ3v) is 4.82. The predicted octanol–water partition coefficient (Wildman–Crippen LogP) is 0.790. The number of hydrogen-bond donors (Lipinski definition) is 3. The first kappa shape index (κ1) is 18.2. The van der Waals surface area contributed by atoms with Crippen molar-refractivity contribution in [1.82, 2.24) is 25.4 Å². The number of amides is 2. The number of nitrogen functional groups attached to an aromatic ring is 1. The molecule has 0 saturated carbocycles. The number of nitrogens with one attached hydrogen (secondary N) is 2. The Morgan fingerprint density at radius 2 is 2.04 bits per heavy atom. The van der Waals surface area contributed by atoms with Gasteiger partial charge in [-0.1, -0.05) is 23.7 Å². The summed E-state index contributed by atoms with van der Waals surface area (Å²) in [5, 5.41) is 10.1. The summed E-state index contributed by atoms with van der Waals surface area (Å²) in [6.45, 7) is 2.74. The molecule has 1 aromatic heterocycles. The molecule has 0 atom stereocenters. The molecule has 9 heteroatoms. The van der Waals surface area contributed by atoms with E-state index in [4.69, 9.17) is 17.3 Å². The number of anilines is 1. The Morgan fingerprint density at radius 3 is 2.62 bits per heavy atom. The Kier molecular flexibility index (Phi) is 5.13. The van der Waals surface area contributed by atoms with E-state index in [0.29, 0.717) is 43.3 Å². The molecule has 0 bridgehead atoms. The molecule has 0 unspecified atom stereocenters. The van der Waals surface area contributed by atoms with Crippen LogP contribution in [0.2, 0.25) is 5.02 Å². The van der Waals surface area contributed by atoms with Gasteiger partial charge in [0.1, 0.15) is 5.82 Å². The van der Waals surface area contributed by atoms with Crippen LogP contribution < -0.4 is 11.1 Å². The van der Waals surface area contributed by atoms with E-state index in [1.165, 1.54) is 6.92 Å².